The fourth-order valence-corrected chi connectivity index (χ4v) is 3.03. The van der Waals surface area contributed by atoms with Crippen LogP contribution in [0.25, 0.3) is 0 Å². The molecule has 0 radical (unpaired) electrons. The second-order valence-corrected chi connectivity index (χ2v) is 6.05. The third-order valence-electron chi connectivity index (χ3n) is 4.35. The summed E-state index contributed by atoms with van der Waals surface area (Å²) in [5.41, 5.74) is 1.22. The molecule has 1 N–H and O–H groups in total. The van der Waals surface area contributed by atoms with Crippen LogP contribution in [0.4, 0.5) is 0 Å². The van der Waals surface area contributed by atoms with Crippen LogP contribution in [-0.4, -0.2) is 23.2 Å². The normalized spacial score (nSPS) is 20.3. The number of nitrogens with zero attached hydrogens (tertiary/aromatic N) is 2. The topological polar surface area (TPSA) is 51.0 Å². The maximum Gasteiger partial charge on any atom is 0.226 e. The van der Waals surface area contributed by atoms with Gasteiger partial charge in [0.05, 0.1) is 0 Å². The maximum absolute atomic E-state index is 5.42. The molecule has 0 saturated carbocycles. The highest BCUT2D eigenvalue weighted by Gasteiger charge is 2.22. The largest absolute Gasteiger partial charge is 0.339 e. The molecule has 2 heterocycles. The molecule has 0 bridgehead atoms. The second kappa shape index (κ2) is 6.85. The number of hydrogen-bond acceptors (Lipinski definition) is 4. The Morgan fingerprint density at radius 2 is 2.19 bits per heavy atom. The lowest BCUT2D eigenvalue weighted by molar-refractivity contribution is 0.256. The summed E-state index contributed by atoms with van der Waals surface area (Å²) in [6.07, 6.45) is 4.20. The van der Waals surface area contributed by atoms with E-state index in [0.29, 0.717) is 5.92 Å². The summed E-state index contributed by atoms with van der Waals surface area (Å²) in [6, 6.07) is 10.3. The van der Waals surface area contributed by atoms with Crippen molar-refractivity contribution < 1.29 is 4.52 Å². The number of piperidine rings is 1. The van der Waals surface area contributed by atoms with Gasteiger partial charge in [-0.2, -0.15) is 4.98 Å². The highest BCUT2D eigenvalue weighted by atomic mass is 16.5. The smallest absolute Gasteiger partial charge is 0.226 e. The minimum absolute atomic E-state index is 0.586. The van der Waals surface area contributed by atoms with E-state index in [1.165, 1.54) is 18.4 Å². The quantitative estimate of drug-likeness (QED) is 0.918. The van der Waals surface area contributed by atoms with E-state index < -0.39 is 0 Å². The van der Waals surface area contributed by atoms with Crippen molar-refractivity contribution in [1.29, 1.82) is 0 Å². The molecule has 0 spiro atoms. The molecular formula is C17H23N3O. The standard InChI is InChI=1S/C17H23N3O/c1-13(15-8-5-9-18-12-15)10-17-19-16(20-21-17)11-14-6-3-2-4-7-14/h2-4,6-7,13,15,18H,5,8-12H2,1H3. The number of rotatable bonds is 5. The van der Waals surface area contributed by atoms with E-state index >= 15 is 0 Å². The molecule has 1 aliphatic heterocycles. The molecule has 4 heteroatoms. The summed E-state index contributed by atoms with van der Waals surface area (Å²) < 4.78 is 5.42. The predicted octanol–water partition coefficient (Wildman–Crippen LogP) is 2.84. The molecule has 112 valence electrons. The summed E-state index contributed by atoms with van der Waals surface area (Å²) >= 11 is 0. The molecule has 1 aliphatic rings. The number of aromatic nitrogens is 2. The molecule has 2 unspecified atom stereocenters. The van der Waals surface area contributed by atoms with Gasteiger partial charge in [-0.25, -0.2) is 0 Å². The first-order chi connectivity index (χ1) is 10.3. The van der Waals surface area contributed by atoms with Gasteiger partial charge in [-0.05, 0) is 43.3 Å². The summed E-state index contributed by atoms with van der Waals surface area (Å²) in [4.78, 5) is 4.54. The lowest BCUT2D eigenvalue weighted by Crippen LogP contribution is -2.33. The first-order valence-electron chi connectivity index (χ1n) is 7.87. The lowest BCUT2D eigenvalue weighted by atomic mass is 9.85. The van der Waals surface area contributed by atoms with E-state index in [1.807, 2.05) is 18.2 Å². The predicted molar refractivity (Wildman–Crippen MR) is 82.0 cm³/mol. The van der Waals surface area contributed by atoms with Crippen molar-refractivity contribution in [3.63, 3.8) is 0 Å². The first-order valence-corrected chi connectivity index (χ1v) is 7.87. The Morgan fingerprint density at radius 1 is 1.33 bits per heavy atom. The van der Waals surface area contributed by atoms with Gasteiger partial charge in [-0.15, -0.1) is 0 Å². The zero-order valence-electron chi connectivity index (χ0n) is 12.6. The van der Waals surface area contributed by atoms with Gasteiger partial charge in [-0.3, -0.25) is 0 Å². The van der Waals surface area contributed by atoms with Crippen molar-refractivity contribution in [3.8, 4) is 0 Å². The van der Waals surface area contributed by atoms with Crippen LogP contribution in [0.1, 0.15) is 37.0 Å². The van der Waals surface area contributed by atoms with Crippen LogP contribution in [0, 0.1) is 11.8 Å². The van der Waals surface area contributed by atoms with Gasteiger partial charge >= 0.3 is 0 Å². The Bertz CT molecular complexity index is 546. The molecule has 21 heavy (non-hydrogen) atoms. The fourth-order valence-electron chi connectivity index (χ4n) is 3.03. The Hall–Kier alpha value is -1.68. The van der Waals surface area contributed by atoms with Crippen LogP contribution < -0.4 is 5.32 Å². The van der Waals surface area contributed by atoms with Crippen LogP contribution in [0.2, 0.25) is 0 Å². The Morgan fingerprint density at radius 3 is 2.95 bits per heavy atom. The zero-order valence-corrected chi connectivity index (χ0v) is 12.6. The van der Waals surface area contributed by atoms with Crippen molar-refractivity contribution >= 4 is 0 Å². The number of benzene rings is 1. The molecule has 0 aliphatic carbocycles. The molecule has 1 aromatic carbocycles. The monoisotopic (exact) mass is 285 g/mol. The highest BCUT2D eigenvalue weighted by molar-refractivity contribution is 5.18. The van der Waals surface area contributed by atoms with Crippen molar-refractivity contribution in [2.24, 2.45) is 11.8 Å². The summed E-state index contributed by atoms with van der Waals surface area (Å²) in [5, 5.41) is 7.58. The maximum atomic E-state index is 5.42. The van der Waals surface area contributed by atoms with Crippen LogP contribution in [-0.2, 0) is 12.8 Å². The molecular weight excluding hydrogens is 262 g/mol. The van der Waals surface area contributed by atoms with Gasteiger partial charge in [0.15, 0.2) is 5.82 Å². The third kappa shape index (κ3) is 3.91. The minimum Gasteiger partial charge on any atom is -0.339 e. The van der Waals surface area contributed by atoms with E-state index in [9.17, 15) is 0 Å². The van der Waals surface area contributed by atoms with Crippen LogP contribution in [0.3, 0.4) is 0 Å². The molecule has 0 amide bonds. The SMILES string of the molecule is CC(Cc1nc(Cc2ccccc2)no1)C1CCCNC1. The molecule has 3 rings (SSSR count). The van der Waals surface area contributed by atoms with E-state index in [-0.39, 0.29) is 0 Å². The van der Waals surface area contributed by atoms with E-state index in [0.717, 1.165) is 43.6 Å². The average Bonchev–Trinajstić information content (AvgIpc) is 2.96. The molecule has 1 aromatic heterocycles. The summed E-state index contributed by atoms with van der Waals surface area (Å²) in [5.74, 6) is 2.87. The van der Waals surface area contributed by atoms with Crippen LogP contribution >= 0.6 is 0 Å². The van der Waals surface area contributed by atoms with Gasteiger partial charge in [0, 0.05) is 12.8 Å². The van der Waals surface area contributed by atoms with Gasteiger partial charge in [0.25, 0.3) is 0 Å². The van der Waals surface area contributed by atoms with Gasteiger partial charge in [-0.1, -0.05) is 42.4 Å². The Labute approximate surface area is 126 Å². The highest BCUT2D eigenvalue weighted by Crippen LogP contribution is 2.23. The minimum atomic E-state index is 0.586. The van der Waals surface area contributed by atoms with E-state index in [2.05, 4.69) is 34.5 Å². The Kier molecular flexibility index (Phi) is 4.65. The van der Waals surface area contributed by atoms with E-state index in [4.69, 9.17) is 4.52 Å². The molecule has 1 fully saturated rings. The van der Waals surface area contributed by atoms with Gasteiger partial charge < -0.3 is 9.84 Å². The number of hydrogen-bond donors (Lipinski definition) is 1. The Balaban J connectivity index is 1.57. The first kappa shape index (κ1) is 14.3. The zero-order chi connectivity index (χ0) is 14.5. The van der Waals surface area contributed by atoms with Crippen molar-refractivity contribution in [2.45, 2.75) is 32.6 Å². The van der Waals surface area contributed by atoms with Crippen molar-refractivity contribution in [3.05, 3.63) is 47.6 Å². The molecule has 2 atom stereocenters. The third-order valence-corrected chi connectivity index (χ3v) is 4.35. The van der Waals surface area contributed by atoms with Crippen molar-refractivity contribution in [2.75, 3.05) is 13.1 Å². The fraction of sp³-hybridized carbons (Fsp3) is 0.529. The van der Waals surface area contributed by atoms with Crippen LogP contribution in [0.15, 0.2) is 34.9 Å². The van der Waals surface area contributed by atoms with Gasteiger partial charge in [0.2, 0.25) is 5.89 Å². The summed E-state index contributed by atoms with van der Waals surface area (Å²) in [6.45, 7) is 4.57. The second-order valence-electron chi connectivity index (χ2n) is 6.05. The van der Waals surface area contributed by atoms with Gasteiger partial charge in [0.1, 0.15) is 0 Å². The van der Waals surface area contributed by atoms with Crippen LogP contribution in [0.5, 0.6) is 0 Å². The molecule has 2 aromatic rings. The molecule has 1 saturated heterocycles. The van der Waals surface area contributed by atoms with Crippen molar-refractivity contribution in [1.82, 2.24) is 15.5 Å². The molecule has 4 nitrogen and oxygen atoms in total. The van der Waals surface area contributed by atoms with E-state index in [1.54, 1.807) is 0 Å². The number of nitrogens with one attached hydrogen (secondary N) is 1. The average molecular weight is 285 g/mol. The summed E-state index contributed by atoms with van der Waals surface area (Å²) in [7, 11) is 0. The lowest BCUT2D eigenvalue weighted by Gasteiger charge is -2.27.